The Hall–Kier alpha value is -0.720. The molecule has 0 spiro atoms. The van der Waals surface area contributed by atoms with E-state index in [1.165, 1.54) is 18.2 Å². The average molecular weight is 264 g/mol. The summed E-state index contributed by atoms with van der Waals surface area (Å²) in [5.41, 5.74) is -0.551. The monoisotopic (exact) mass is 263 g/mol. The maximum absolute atomic E-state index is 12.8. The second-order valence-electron chi connectivity index (χ2n) is 3.84. The molecule has 0 saturated heterocycles. The molecule has 1 rings (SSSR count). The van der Waals surface area contributed by atoms with Crippen LogP contribution in [0.1, 0.15) is 5.56 Å². The molecule has 6 heteroatoms. The maximum Gasteiger partial charge on any atom is 0.124 e. The van der Waals surface area contributed by atoms with Crippen molar-refractivity contribution < 1.29 is 19.7 Å². The molecule has 0 aliphatic heterocycles. The minimum atomic E-state index is -1.17. The fourth-order valence-corrected chi connectivity index (χ4v) is 1.50. The molecule has 96 valence electrons. The van der Waals surface area contributed by atoms with Crippen LogP contribution in [0.3, 0.4) is 0 Å². The molecular formula is C11H15ClFNO3. The van der Waals surface area contributed by atoms with Gasteiger partial charge < -0.3 is 20.6 Å². The van der Waals surface area contributed by atoms with Gasteiger partial charge in [0.1, 0.15) is 5.82 Å². The summed E-state index contributed by atoms with van der Waals surface area (Å²) in [6.07, 6.45) is 0. The number of hydrogen-bond acceptors (Lipinski definition) is 4. The minimum Gasteiger partial charge on any atom is -0.394 e. The number of nitrogens with one attached hydrogen (secondary N) is 1. The summed E-state index contributed by atoms with van der Waals surface area (Å²) in [4.78, 5) is 0. The van der Waals surface area contributed by atoms with E-state index in [0.717, 1.165) is 0 Å². The standard InChI is InChI=1S/C11H15ClFNO3/c12-10-3-9(13)2-1-8(10)4-14-11(5-15,6-16)7-17/h1-3,14-17H,4-7H2. The summed E-state index contributed by atoms with van der Waals surface area (Å²) in [6, 6.07) is 3.94. The zero-order chi connectivity index (χ0) is 12.9. The van der Waals surface area contributed by atoms with E-state index in [-0.39, 0.29) is 11.6 Å². The second-order valence-corrected chi connectivity index (χ2v) is 4.25. The van der Waals surface area contributed by atoms with Crippen molar-refractivity contribution in [3.63, 3.8) is 0 Å². The van der Waals surface area contributed by atoms with E-state index >= 15 is 0 Å². The van der Waals surface area contributed by atoms with Gasteiger partial charge >= 0.3 is 0 Å². The van der Waals surface area contributed by atoms with Crippen LogP contribution in [0.4, 0.5) is 4.39 Å². The fraction of sp³-hybridized carbons (Fsp3) is 0.455. The molecule has 0 aliphatic carbocycles. The second kappa shape index (κ2) is 6.28. The normalized spacial score (nSPS) is 11.8. The van der Waals surface area contributed by atoms with Crippen LogP contribution in [-0.4, -0.2) is 40.7 Å². The summed E-state index contributed by atoms with van der Waals surface area (Å²) in [6.45, 7) is -1.04. The molecule has 1 aromatic rings. The molecule has 0 bridgehead atoms. The largest absolute Gasteiger partial charge is 0.394 e. The van der Waals surface area contributed by atoms with Crippen molar-refractivity contribution in [2.24, 2.45) is 0 Å². The van der Waals surface area contributed by atoms with Crippen molar-refractivity contribution >= 4 is 11.6 Å². The summed E-state index contributed by atoms with van der Waals surface area (Å²) in [7, 11) is 0. The third kappa shape index (κ3) is 3.62. The smallest absolute Gasteiger partial charge is 0.124 e. The van der Waals surface area contributed by atoms with E-state index in [9.17, 15) is 4.39 Å². The highest BCUT2D eigenvalue weighted by Gasteiger charge is 2.27. The van der Waals surface area contributed by atoms with Gasteiger partial charge in [0.2, 0.25) is 0 Å². The fourth-order valence-electron chi connectivity index (χ4n) is 1.27. The Morgan fingerprint density at radius 2 is 1.76 bits per heavy atom. The molecule has 0 aromatic heterocycles. The lowest BCUT2D eigenvalue weighted by Crippen LogP contribution is -2.54. The summed E-state index contributed by atoms with van der Waals surface area (Å²) < 4.78 is 12.8. The van der Waals surface area contributed by atoms with Gasteiger partial charge in [-0.25, -0.2) is 4.39 Å². The molecule has 0 radical (unpaired) electrons. The molecule has 0 fully saturated rings. The van der Waals surface area contributed by atoms with Crippen LogP contribution in [-0.2, 0) is 6.54 Å². The van der Waals surface area contributed by atoms with E-state index in [0.29, 0.717) is 5.56 Å². The molecule has 4 nitrogen and oxygen atoms in total. The van der Waals surface area contributed by atoms with Crippen LogP contribution in [0.5, 0.6) is 0 Å². The molecule has 0 atom stereocenters. The van der Waals surface area contributed by atoms with Gasteiger partial charge in [-0.1, -0.05) is 17.7 Å². The lowest BCUT2D eigenvalue weighted by Gasteiger charge is -2.29. The van der Waals surface area contributed by atoms with Crippen molar-refractivity contribution in [1.82, 2.24) is 5.32 Å². The highest BCUT2D eigenvalue weighted by Crippen LogP contribution is 2.17. The molecule has 0 aliphatic rings. The molecule has 0 amide bonds. The van der Waals surface area contributed by atoms with Gasteiger partial charge in [0.25, 0.3) is 0 Å². The molecule has 1 aromatic carbocycles. The molecule has 17 heavy (non-hydrogen) atoms. The van der Waals surface area contributed by atoms with Crippen LogP contribution < -0.4 is 5.32 Å². The van der Waals surface area contributed by atoms with Crippen LogP contribution >= 0.6 is 11.6 Å². The molecule has 0 saturated carbocycles. The average Bonchev–Trinajstić information content (AvgIpc) is 2.33. The third-order valence-electron chi connectivity index (χ3n) is 2.58. The molecule has 4 N–H and O–H groups in total. The van der Waals surface area contributed by atoms with Crippen LogP contribution in [0.25, 0.3) is 0 Å². The van der Waals surface area contributed by atoms with E-state index in [1.54, 1.807) is 0 Å². The van der Waals surface area contributed by atoms with E-state index in [1.807, 2.05) is 0 Å². The topological polar surface area (TPSA) is 72.7 Å². The van der Waals surface area contributed by atoms with Gasteiger partial charge in [0.05, 0.1) is 25.4 Å². The van der Waals surface area contributed by atoms with Crippen molar-refractivity contribution in [3.05, 3.63) is 34.6 Å². The number of benzene rings is 1. The first-order chi connectivity index (χ1) is 8.06. The maximum atomic E-state index is 12.8. The number of hydrogen-bond donors (Lipinski definition) is 4. The van der Waals surface area contributed by atoms with Crippen molar-refractivity contribution in [3.8, 4) is 0 Å². The molecule has 0 heterocycles. The first-order valence-electron chi connectivity index (χ1n) is 5.08. The Balaban J connectivity index is 2.72. The number of aliphatic hydroxyl groups is 3. The Bertz CT molecular complexity index is 363. The van der Waals surface area contributed by atoms with Gasteiger partial charge in [-0.3, -0.25) is 0 Å². The predicted octanol–water partition coefficient (Wildman–Crippen LogP) is 0.284. The molecular weight excluding hydrogens is 249 g/mol. The lowest BCUT2D eigenvalue weighted by molar-refractivity contribution is 0.0414. The van der Waals surface area contributed by atoms with Gasteiger partial charge in [-0.15, -0.1) is 0 Å². The van der Waals surface area contributed by atoms with Gasteiger partial charge in [-0.2, -0.15) is 0 Å². The zero-order valence-electron chi connectivity index (χ0n) is 9.16. The van der Waals surface area contributed by atoms with Gasteiger partial charge in [0.15, 0.2) is 0 Å². The SMILES string of the molecule is OCC(CO)(CO)NCc1ccc(F)cc1Cl. The third-order valence-corrected chi connectivity index (χ3v) is 2.93. The highest BCUT2D eigenvalue weighted by atomic mass is 35.5. The van der Waals surface area contributed by atoms with Gasteiger partial charge in [0, 0.05) is 11.6 Å². The van der Waals surface area contributed by atoms with E-state index in [2.05, 4.69) is 5.32 Å². The Morgan fingerprint density at radius 3 is 2.24 bits per heavy atom. The number of aliphatic hydroxyl groups excluding tert-OH is 3. The first kappa shape index (κ1) is 14.3. The zero-order valence-corrected chi connectivity index (χ0v) is 9.91. The minimum absolute atomic E-state index is 0.209. The van der Waals surface area contributed by atoms with Gasteiger partial charge in [-0.05, 0) is 17.7 Å². The summed E-state index contributed by atoms with van der Waals surface area (Å²) >= 11 is 5.82. The Morgan fingerprint density at radius 1 is 1.18 bits per heavy atom. The van der Waals surface area contributed by atoms with Crippen molar-refractivity contribution in [2.75, 3.05) is 19.8 Å². The van der Waals surface area contributed by atoms with E-state index in [4.69, 9.17) is 26.9 Å². The molecule has 0 unspecified atom stereocenters. The number of halogens is 2. The first-order valence-corrected chi connectivity index (χ1v) is 5.46. The highest BCUT2D eigenvalue weighted by molar-refractivity contribution is 6.31. The predicted molar refractivity (Wildman–Crippen MR) is 62.2 cm³/mol. The Labute approximate surface area is 104 Å². The van der Waals surface area contributed by atoms with Crippen LogP contribution in [0.15, 0.2) is 18.2 Å². The Kier molecular flexibility index (Phi) is 5.30. The summed E-state index contributed by atoms with van der Waals surface area (Å²) in [5.74, 6) is -0.434. The van der Waals surface area contributed by atoms with Crippen LogP contribution in [0, 0.1) is 5.82 Å². The lowest BCUT2D eigenvalue weighted by atomic mass is 10.0. The summed E-state index contributed by atoms with van der Waals surface area (Å²) in [5, 5.41) is 30.3. The van der Waals surface area contributed by atoms with Crippen LogP contribution in [0.2, 0.25) is 5.02 Å². The number of rotatable bonds is 6. The van der Waals surface area contributed by atoms with Crippen molar-refractivity contribution in [2.45, 2.75) is 12.1 Å². The van der Waals surface area contributed by atoms with E-state index < -0.39 is 31.2 Å². The van der Waals surface area contributed by atoms with Crippen molar-refractivity contribution in [1.29, 1.82) is 0 Å². The quantitative estimate of drug-likeness (QED) is 0.595.